The third-order valence-corrected chi connectivity index (χ3v) is 6.00. The molecule has 0 unspecified atom stereocenters. The van der Waals surface area contributed by atoms with Crippen LogP contribution >= 0.6 is 0 Å². The molecule has 26 heavy (non-hydrogen) atoms. The maximum atomic E-state index is 12.6. The molecule has 5 heteroatoms. The molecule has 0 amide bonds. The second kappa shape index (κ2) is 8.38. The quantitative estimate of drug-likeness (QED) is 0.701. The zero-order chi connectivity index (χ0) is 18.7. The normalized spacial score (nSPS) is 25.2. The van der Waals surface area contributed by atoms with E-state index in [0.717, 1.165) is 38.9 Å². The maximum Gasteiger partial charge on any atom is 0.305 e. The van der Waals surface area contributed by atoms with Crippen molar-refractivity contribution in [1.29, 1.82) is 0 Å². The average molecular weight is 360 g/mol. The SMILES string of the molecule is COC(=O)CCCN1C[C@H]2C[C@@H](C1)[C@H](CCC(C)C)n1c2cccc1=O. The van der Waals surface area contributed by atoms with Crippen LogP contribution in [0.15, 0.2) is 23.0 Å². The Bertz CT molecular complexity index is 682. The first-order chi connectivity index (χ1) is 12.5. The number of hydrogen-bond acceptors (Lipinski definition) is 4. The summed E-state index contributed by atoms with van der Waals surface area (Å²) in [5.41, 5.74) is 1.37. The largest absolute Gasteiger partial charge is 0.469 e. The molecule has 1 fully saturated rings. The van der Waals surface area contributed by atoms with Crippen molar-refractivity contribution in [3.63, 3.8) is 0 Å². The first kappa shape index (κ1) is 19.2. The van der Waals surface area contributed by atoms with Crippen LogP contribution in [0, 0.1) is 11.8 Å². The van der Waals surface area contributed by atoms with E-state index in [-0.39, 0.29) is 11.5 Å². The third-order valence-electron chi connectivity index (χ3n) is 6.00. The van der Waals surface area contributed by atoms with Crippen LogP contribution in [0.3, 0.4) is 0 Å². The Morgan fingerprint density at radius 3 is 2.85 bits per heavy atom. The zero-order valence-electron chi connectivity index (χ0n) is 16.3. The molecular weight excluding hydrogens is 328 g/mol. The average Bonchev–Trinajstić information content (AvgIpc) is 2.61. The first-order valence-corrected chi connectivity index (χ1v) is 10.00. The molecule has 2 aliphatic heterocycles. The van der Waals surface area contributed by atoms with Gasteiger partial charge in [-0.05, 0) is 50.1 Å². The van der Waals surface area contributed by atoms with E-state index in [9.17, 15) is 9.59 Å². The number of rotatable bonds is 7. The minimum Gasteiger partial charge on any atom is -0.469 e. The highest BCUT2D eigenvalue weighted by atomic mass is 16.5. The zero-order valence-corrected chi connectivity index (χ0v) is 16.3. The number of hydrogen-bond donors (Lipinski definition) is 0. The van der Waals surface area contributed by atoms with Gasteiger partial charge in [-0.1, -0.05) is 19.9 Å². The monoisotopic (exact) mass is 360 g/mol. The Kier molecular flexibility index (Phi) is 6.17. The number of aromatic nitrogens is 1. The Labute approximate surface area is 156 Å². The Morgan fingerprint density at radius 1 is 1.31 bits per heavy atom. The van der Waals surface area contributed by atoms with Crippen LogP contribution in [-0.4, -0.2) is 42.2 Å². The number of esters is 1. The molecule has 144 valence electrons. The van der Waals surface area contributed by atoms with Crippen LogP contribution in [0.25, 0.3) is 0 Å². The van der Waals surface area contributed by atoms with Crippen molar-refractivity contribution in [1.82, 2.24) is 9.47 Å². The predicted molar refractivity (Wildman–Crippen MR) is 102 cm³/mol. The van der Waals surface area contributed by atoms with Gasteiger partial charge in [0.1, 0.15) is 0 Å². The molecular formula is C21H32N2O3. The number of likely N-dealkylation sites (tertiary alicyclic amines) is 1. The first-order valence-electron chi connectivity index (χ1n) is 10.00. The minimum atomic E-state index is -0.131. The molecule has 3 atom stereocenters. The Morgan fingerprint density at radius 2 is 2.12 bits per heavy atom. The number of carbonyl (C=O) groups is 1. The molecule has 1 aromatic heterocycles. The van der Waals surface area contributed by atoms with Gasteiger partial charge in [-0.15, -0.1) is 0 Å². The molecule has 3 heterocycles. The van der Waals surface area contributed by atoms with Crippen molar-refractivity contribution >= 4 is 5.97 Å². The summed E-state index contributed by atoms with van der Waals surface area (Å²) < 4.78 is 6.85. The molecule has 0 aromatic carbocycles. The van der Waals surface area contributed by atoms with E-state index in [1.165, 1.54) is 19.2 Å². The highest BCUT2D eigenvalue weighted by Gasteiger charge is 2.40. The lowest BCUT2D eigenvalue weighted by Gasteiger charge is -2.47. The molecule has 0 spiro atoms. The number of fused-ring (bicyclic) bond motifs is 4. The summed E-state index contributed by atoms with van der Waals surface area (Å²) in [5.74, 6) is 1.47. The number of nitrogens with zero attached hydrogens (tertiary/aromatic N) is 2. The Balaban J connectivity index is 1.76. The summed E-state index contributed by atoms with van der Waals surface area (Å²) in [6.07, 6.45) is 4.72. The lowest BCUT2D eigenvalue weighted by Crippen LogP contribution is -2.49. The van der Waals surface area contributed by atoms with Gasteiger partial charge in [-0.3, -0.25) is 9.59 Å². The van der Waals surface area contributed by atoms with Crippen molar-refractivity contribution in [2.45, 2.75) is 57.9 Å². The van der Waals surface area contributed by atoms with E-state index in [4.69, 9.17) is 4.74 Å². The summed E-state index contributed by atoms with van der Waals surface area (Å²) in [4.78, 5) is 26.5. The summed E-state index contributed by atoms with van der Waals surface area (Å²) >= 11 is 0. The van der Waals surface area contributed by atoms with Crippen LogP contribution in [-0.2, 0) is 9.53 Å². The third kappa shape index (κ3) is 4.20. The van der Waals surface area contributed by atoms with Gasteiger partial charge in [-0.25, -0.2) is 0 Å². The number of carbonyl (C=O) groups excluding carboxylic acids is 1. The fourth-order valence-corrected chi connectivity index (χ4v) is 4.74. The van der Waals surface area contributed by atoms with E-state index >= 15 is 0 Å². The lowest BCUT2D eigenvalue weighted by molar-refractivity contribution is -0.140. The summed E-state index contributed by atoms with van der Waals surface area (Å²) in [6, 6.07) is 6.06. The van der Waals surface area contributed by atoms with Crippen LogP contribution < -0.4 is 5.56 Å². The molecule has 0 aliphatic carbocycles. The van der Waals surface area contributed by atoms with Crippen LogP contribution in [0.2, 0.25) is 0 Å². The Hall–Kier alpha value is -1.62. The van der Waals surface area contributed by atoms with Gasteiger partial charge in [0, 0.05) is 43.2 Å². The smallest absolute Gasteiger partial charge is 0.305 e. The van der Waals surface area contributed by atoms with Crippen molar-refractivity contribution in [2.24, 2.45) is 11.8 Å². The van der Waals surface area contributed by atoms with Gasteiger partial charge in [0.25, 0.3) is 5.56 Å². The highest BCUT2D eigenvalue weighted by molar-refractivity contribution is 5.69. The predicted octanol–water partition coefficient (Wildman–Crippen LogP) is 3.20. The fraction of sp³-hybridized carbons (Fsp3) is 0.714. The minimum absolute atomic E-state index is 0.131. The molecule has 1 aromatic rings. The number of pyridine rings is 1. The van der Waals surface area contributed by atoms with Gasteiger partial charge in [-0.2, -0.15) is 0 Å². The molecule has 0 saturated carbocycles. The van der Waals surface area contributed by atoms with Gasteiger partial charge in [0.2, 0.25) is 0 Å². The van der Waals surface area contributed by atoms with Gasteiger partial charge < -0.3 is 14.2 Å². The summed E-state index contributed by atoms with van der Waals surface area (Å²) in [6.45, 7) is 7.44. The summed E-state index contributed by atoms with van der Waals surface area (Å²) in [7, 11) is 1.45. The van der Waals surface area contributed by atoms with Gasteiger partial charge >= 0.3 is 5.97 Å². The van der Waals surface area contributed by atoms with E-state index in [1.807, 2.05) is 6.07 Å². The highest BCUT2D eigenvalue weighted by Crippen LogP contribution is 2.43. The molecule has 5 nitrogen and oxygen atoms in total. The second-order valence-corrected chi connectivity index (χ2v) is 8.33. The molecule has 2 bridgehead atoms. The molecule has 1 saturated heterocycles. The van der Waals surface area contributed by atoms with Crippen molar-refractivity contribution in [3.8, 4) is 0 Å². The molecule has 2 aliphatic rings. The second-order valence-electron chi connectivity index (χ2n) is 8.33. The molecule has 0 radical (unpaired) electrons. The lowest BCUT2D eigenvalue weighted by atomic mass is 9.76. The topological polar surface area (TPSA) is 51.5 Å². The van der Waals surface area contributed by atoms with Crippen molar-refractivity contribution < 1.29 is 9.53 Å². The van der Waals surface area contributed by atoms with Gasteiger partial charge in [0.05, 0.1) is 7.11 Å². The van der Waals surface area contributed by atoms with Crippen molar-refractivity contribution in [3.05, 3.63) is 34.2 Å². The van der Waals surface area contributed by atoms with E-state index in [0.29, 0.717) is 30.2 Å². The van der Waals surface area contributed by atoms with Crippen LogP contribution in [0.5, 0.6) is 0 Å². The fourth-order valence-electron chi connectivity index (χ4n) is 4.74. The molecule has 3 rings (SSSR count). The number of ether oxygens (including phenoxy) is 1. The van der Waals surface area contributed by atoms with E-state index in [2.05, 4.69) is 29.4 Å². The van der Waals surface area contributed by atoms with E-state index < -0.39 is 0 Å². The standard InChI is InChI=1S/C21H32N2O3/c1-15(2)9-10-19-17-12-16(18-6-4-7-20(24)23(18)19)13-22(14-17)11-5-8-21(25)26-3/h4,6-7,15-17,19H,5,8-14H2,1-3H3/t16-,17+,19+/m1/s1. The summed E-state index contributed by atoms with van der Waals surface area (Å²) in [5, 5.41) is 0. The number of piperidine rings is 1. The van der Waals surface area contributed by atoms with Gasteiger partial charge in [0.15, 0.2) is 0 Å². The van der Waals surface area contributed by atoms with Crippen LogP contribution in [0.4, 0.5) is 0 Å². The van der Waals surface area contributed by atoms with Crippen molar-refractivity contribution in [2.75, 3.05) is 26.7 Å². The molecule has 0 N–H and O–H groups in total. The van der Waals surface area contributed by atoms with Crippen LogP contribution in [0.1, 0.15) is 63.6 Å². The van der Waals surface area contributed by atoms with E-state index in [1.54, 1.807) is 6.07 Å². The number of methoxy groups -OCH3 is 1. The maximum absolute atomic E-state index is 12.6.